The Morgan fingerprint density at radius 2 is 1.93 bits per heavy atom. The van der Waals surface area contributed by atoms with E-state index in [4.69, 9.17) is 19.3 Å². The van der Waals surface area contributed by atoms with Gasteiger partial charge in [0, 0.05) is 30.7 Å². The molecule has 0 unspecified atom stereocenters. The molecule has 0 bridgehead atoms. The normalized spacial score (nSPS) is 15.5. The lowest BCUT2D eigenvalue weighted by atomic mass is 9.75. The fourth-order valence-electron chi connectivity index (χ4n) is 2.81. The Morgan fingerprint density at radius 3 is 2.61 bits per heavy atom. The number of hydrogen-bond donors (Lipinski definition) is 1. The van der Waals surface area contributed by atoms with E-state index in [2.05, 4.69) is 19.2 Å². The monoisotopic (exact) mass is 378 g/mol. The zero-order valence-corrected chi connectivity index (χ0v) is 16.1. The predicted octanol–water partition coefficient (Wildman–Crippen LogP) is 3.12. The first-order valence-electron chi connectivity index (χ1n) is 9.21. The molecule has 0 radical (unpaired) electrons. The number of hydrogen-bond acceptors (Lipinski definition) is 5. The highest BCUT2D eigenvalue weighted by Crippen LogP contribution is 2.21. The molecule has 0 atom stereocenters. The van der Waals surface area contributed by atoms with E-state index >= 15 is 0 Å². The summed E-state index contributed by atoms with van der Waals surface area (Å²) >= 11 is 0. The Labute approximate surface area is 165 Å². The van der Waals surface area contributed by atoms with Crippen LogP contribution in [0.3, 0.4) is 0 Å². The highest BCUT2D eigenvalue weighted by atomic mass is 16.6. The number of amides is 1. The molecule has 0 spiro atoms. The summed E-state index contributed by atoms with van der Waals surface area (Å²) in [5.41, 5.74) is 3.09. The highest BCUT2D eigenvalue weighted by molar-refractivity contribution is 6.61. The molecular formula is C21H23BN2O4. The summed E-state index contributed by atoms with van der Waals surface area (Å²) in [4.78, 5) is 11.9. The molecule has 0 saturated carbocycles. The third-order valence-corrected chi connectivity index (χ3v) is 4.36. The lowest BCUT2D eigenvalue weighted by molar-refractivity contribution is 0.0343. The molecule has 7 heteroatoms. The van der Waals surface area contributed by atoms with E-state index < -0.39 is 6.09 Å². The molecule has 6 nitrogen and oxygen atoms in total. The lowest BCUT2D eigenvalue weighted by Gasteiger charge is -2.33. The standard InChI is InChI=1S/C21H23BN2O4/c1-21(2)14-27-22(28-15-21)18-8-6-16(7-9-18)10-11-26-20(25)24-19-5-3-4-17(12-19)13-23/h3-9,12H,10-11,14-15H2,1-2H3,(H,24,25). The van der Waals surface area contributed by atoms with Gasteiger partial charge in [-0.05, 0) is 29.2 Å². The number of nitriles is 1. The van der Waals surface area contributed by atoms with Crippen molar-refractivity contribution in [1.82, 2.24) is 0 Å². The Hall–Kier alpha value is -2.82. The minimum atomic E-state index is -0.543. The van der Waals surface area contributed by atoms with Crippen LogP contribution in [0, 0.1) is 16.7 Å². The second-order valence-electron chi connectivity index (χ2n) is 7.56. The quantitative estimate of drug-likeness (QED) is 0.809. The zero-order chi connectivity index (χ0) is 20.0. The van der Waals surface area contributed by atoms with Crippen LogP contribution >= 0.6 is 0 Å². The molecule has 28 heavy (non-hydrogen) atoms. The predicted molar refractivity (Wildman–Crippen MR) is 107 cm³/mol. The van der Waals surface area contributed by atoms with Gasteiger partial charge in [0.1, 0.15) is 0 Å². The molecule has 1 amide bonds. The van der Waals surface area contributed by atoms with Crippen LogP contribution in [0.1, 0.15) is 25.0 Å². The molecule has 1 N–H and O–H groups in total. The summed E-state index contributed by atoms with van der Waals surface area (Å²) in [5, 5.41) is 11.5. The molecule has 0 aromatic heterocycles. The second-order valence-corrected chi connectivity index (χ2v) is 7.56. The average molecular weight is 378 g/mol. The van der Waals surface area contributed by atoms with Gasteiger partial charge < -0.3 is 14.0 Å². The third kappa shape index (κ3) is 5.59. The SMILES string of the molecule is CC1(C)COB(c2ccc(CCOC(=O)Nc3cccc(C#N)c3)cc2)OC1. The Kier molecular flexibility index (Phi) is 6.35. The van der Waals surface area contributed by atoms with Crippen molar-refractivity contribution in [2.75, 3.05) is 25.1 Å². The number of carbonyl (C=O) groups is 1. The van der Waals surface area contributed by atoms with Gasteiger partial charge in [-0.25, -0.2) is 4.79 Å². The number of benzene rings is 2. The summed E-state index contributed by atoms with van der Waals surface area (Å²) < 4.78 is 16.8. The molecule has 1 fully saturated rings. The van der Waals surface area contributed by atoms with E-state index in [1.165, 1.54) is 0 Å². The zero-order valence-electron chi connectivity index (χ0n) is 16.1. The van der Waals surface area contributed by atoms with Crippen molar-refractivity contribution in [3.63, 3.8) is 0 Å². The Morgan fingerprint density at radius 1 is 1.21 bits per heavy atom. The van der Waals surface area contributed by atoms with Gasteiger partial charge in [0.2, 0.25) is 0 Å². The van der Waals surface area contributed by atoms with Gasteiger partial charge in [0.05, 0.1) is 18.2 Å². The van der Waals surface area contributed by atoms with Gasteiger partial charge in [0.25, 0.3) is 0 Å². The van der Waals surface area contributed by atoms with Crippen molar-refractivity contribution >= 4 is 24.4 Å². The number of carbonyl (C=O) groups excluding carboxylic acids is 1. The van der Waals surface area contributed by atoms with Gasteiger partial charge in [0.15, 0.2) is 0 Å². The lowest BCUT2D eigenvalue weighted by Crippen LogP contribution is -2.47. The van der Waals surface area contributed by atoms with Crippen molar-refractivity contribution < 1.29 is 18.8 Å². The minimum absolute atomic E-state index is 0.0459. The van der Waals surface area contributed by atoms with Crippen LogP contribution < -0.4 is 10.8 Å². The first-order valence-corrected chi connectivity index (χ1v) is 9.21. The molecule has 0 aliphatic carbocycles. The smallest absolute Gasteiger partial charge is 0.449 e. The number of rotatable bonds is 5. The van der Waals surface area contributed by atoms with Gasteiger partial charge >= 0.3 is 13.2 Å². The van der Waals surface area contributed by atoms with E-state index in [0.717, 1.165) is 11.0 Å². The topological polar surface area (TPSA) is 80.6 Å². The molecule has 3 rings (SSSR count). The molecule has 1 aliphatic rings. The van der Waals surface area contributed by atoms with Crippen LogP contribution in [0.4, 0.5) is 10.5 Å². The van der Waals surface area contributed by atoms with Crippen molar-refractivity contribution in [3.8, 4) is 6.07 Å². The summed E-state index contributed by atoms with van der Waals surface area (Å²) in [5.74, 6) is 0. The van der Waals surface area contributed by atoms with E-state index in [1.54, 1.807) is 24.3 Å². The van der Waals surface area contributed by atoms with Crippen molar-refractivity contribution in [2.24, 2.45) is 5.41 Å². The maximum Gasteiger partial charge on any atom is 0.493 e. The highest BCUT2D eigenvalue weighted by Gasteiger charge is 2.33. The summed E-state index contributed by atoms with van der Waals surface area (Å²) in [6.07, 6.45) is 0.0593. The number of anilines is 1. The summed E-state index contributed by atoms with van der Waals surface area (Å²) in [6.45, 7) is 5.82. The molecule has 144 valence electrons. The first-order chi connectivity index (χ1) is 13.4. The van der Waals surface area contributed by atoms with Crippen LogP contribution in [0.5, 0.6) is 0 Å². The molecular weight excluding hydrogens is 355 g/mol. The number of ether oxygens (including phenoxy) is 1. The van der Waals surface area contributed by atoms with Crippen LogP contribution in [0.2, 0.25) is 0 Å². The third-order valence-electron chi connectivity index (χ3n) is 4.36. The van der Waals surface area contributed by atoms with Gasteiger partial charge in [-0.2, -0.15) is 5.26 Å². The van der Waals surface area contributed by atoms with Gasteiger partial charge in [-0.3, -0.25) is 5.32 Å². The van der Waals surface area contributed by atoms with Crippen LogP contribution in [-0.4, -0.2) is 33.0 Å². The van der Waals surface area contributed by atoms with E-state index in [0.29, 0.717) is 30.9 Å². The first kappa shape index (κ1) is 19.9. The van der Waals surface area contributed by atoms with Gasteiger partial charge in [-0.15, -0.1) is 0 Å². The second kappa shape index (κ2) is 8.92. The van der Waals surface area contributed by atoms with E-state index in [9.17, 15) is 4.79 Å². The van der Waals surface area contributed by atoms with Crippen LogP contribution in [0.15, 0.2) is 48.5 Å². The van der Waals surface area contributed by atoms with Crippen LogP contribution in [0.25, 0.3) is 0 Å². The summed E-state index contributed by atoms with van der Waals surface area (Å²) in [7, 11) is -0.326. The fourth-order valence-corrected chi connectivity index (χ4v) is 2.81. The molecule has 2 aromatic carbocycles. The molecule has 1 heterocycles. The summed E-state index contributed by atoms with van der Waals surface area (Å²) in [6, 6.07) is 16.6. The maximum absolute atomic E-state index is 11.9. The molecule has 2 aromatic rings. The van der Waals surface area contributed by atoms with Crippen molar-refractivity contribution in [3.05, 3.63) is 59.7 Å². The molecule has 1 aliphatic heterocycles. The van der Waals surface area contributed by atoms with Gasteiger partial charge in [-0.1, -0.05) is 44.2 Å². The van der Waals surface area contributed by atoms with Crippen molar-refractivity contribution in [2.45, 2.75) is 20.3 Å². The molecule has 1 saturated heterocycles. The Bertz CT molecular complexity index is 851. The maximum atomic E-state index is 11.9. The van der Waals surface area contributed by atoms with E-state index in [-0.39, 0.29) is 19.1 Å². The van der Waals surface area contributed by atoms with Crippen LogP contribution in [-0.2, 0) is 20.5 Å². The minimum Gasteiger partial charge on any atom is -0.449 e. The number of nitrogens with zero attached hydrogens (tertiary/aromatic N) is 1. The average Bonchev–Trinajstić information content (AvgIpc) is 2.69. The van der Waals surface area contributed by atoms with Crippen molar-refractivity contribution in [1.29, 1.82) is 5.26 Å². The number of nitrogens with one attached hydrogen (secondary N) is 1. The largest absolute Gasteiger partial charge is 0.493 e. The fraction of sp³-hybridized carbons (Fsp3) is 0.333. The van der Waals surface area contributed by atoms with E-state index in [1.807, 2.05) is 30.3 Å². The Balaban J connectivity index is 1.43.